The van der Waals surface area contributed by atoms with Crippen LogP contribution < -0.4 is 5.73 Å². The fraction of sp³-hybridized carbons (Fsp3) is 0.412. The predicted molar refractivity (Wildman–Crippen MR) is 82.7 cm³/mol. The van der Waals surface area contributed by atoms with E-state index in [2.05, 4.69) is 36.4 Å². The van der Waals surface area contributed by atoms with Gasteiger partial charge in [-0.05, 0) is 49.3 Å². The molecule has 2 aromatic rings. The number of fused-ring (bicyclic) bond motifs is 1. The maximum Gasteiger partial charge on any atom is 0.0430 e. The zero-order valence-corrected chi connectivity index (χ0v) is 12.1. The Bertz CT molecular complexity index is 506. The highest BCUT2D eigenvalue weighted by Gasteiger charge is 2.16. The Morgan fingerprint density at radius 1 is 1.05 bits per heavy atom. The fourth-order valence-corrected chi connectivity index (χ4v) is 4.10. The maximum absolute atomic E-state index is 6.39. The summed E-state index contributed by atoms with van der Waals surface area (Å²) in [7, 11) is 0. The summed E-state index contributed by atoms with van der Waals surface area (Å²) in [6.45, 7) is 0. The summed E-state index contributed by atoms with van der Waals surface area (Å²) in [6, 6.07) is 13.1. The summed E-state index contributed by atoms with van der Waals surface area (Å²) in [4.78, 5) is 2.96. The first-order valence-corrected chi connectivity index (χ1v) is 8.05. The lowest BCUT2D eigenvalue weighted by Crippen LogP contribution is -2.11. The minimum absolute atomic E-state index is 0.152. The molecule has 1 aromatic heterocycles. The van der Waals surface area contributed by atoms with E-state index in [4.69, 9.17) is 5.73 Å². The fourth-order valence-electron chi connectivity index (χ4n) is 2.84. The van der Waals surface area contributed by atoms with E-state index < -0.39 is 0 Å². The van der Waals surface area contributed by atoms with E-state index in [0.717, 1.165) is 6.42 Å². The molecular formula is C17H21NS. The van der Waals surface area contributed by atoms with Crippen LogP contribution in [0.15, 0.2) is 36.4 Å². The van der Waals surface area contributed by atoms with Crippen molar-refractivity contribution in [3.63, 3.8) is 0 Å². The third-order valence-corrected chi connectivity index (χ3v) is 5.30. The highest BCUT2D eigenvalue weighted by molar-refractivity contribution is 7.12. The SMILES string of the molecule is NC(Cc1ccccc1)c1cc2c(s1)CCCCC2. The van der Waals surface area contributed by atoms with Crippen LogP contribution in [0, 0.1) is 0 Å². The number of hydrogen-bond donors (Lipinski definition) is 1. The molecule has 0 saturated carbocycles. The van der Waals surface area contributed by atoms with Crippen LogP contribution in [0.1, 0.15) is 46.2 Å². The molecule has 2 N–H and O–H groups in total. The van der Waals surface area contributed by atoms with Crippen molar-refractivity contribution in [2.24, 2.45) is 5.73 Å². The van der Waals surface area contributed by atoms with Crippen LogP contribution in [0.4, 0.5) is 0 Å². The second-order valence-corrected chi connectivity index (χ2v) is 6.62. The van der Waals surface area contributed by atoms with Crippen LogP contribution >= 0.6 is 11.3 Å². The van der Waals surface area contributed by atoms with E-state index in [1.807, 2.05) is 11.3 Å². The van der Waals surface area contributed by atoms with Gasteiger partial charge in [0.25, 0.3) is 0 Å². The Kier molecular flexibility index (Phi) is 4.00. The molecule has 1 unspecified atom stereocenters. The lowest BCUT2D eigenvalue weighted by atomic mass is 10.0. The van der Waals surface area contributed by atoms with E-state index in [1.165, 1.54) is 42.5 Å². The lowest BCUT2D eigenvalue weighted by Gasteiger charge is -2.09. The Labute approximate surface area is 119 Å². The summed E-state index contributed by atoms with van der Waals surface area (Å²) in [5.41, 5.74) is 9.29. The van der Waals surface area contributed by atoms with Crippen LogP contribution in [0.5, 0.6) is 0 Å². The Balaban J connectivity index is 1.75. The normalized spacial score (nSPS) is 16.7. The molecule has 0 fully saturated rings. The average Bonchev–Trinajstić information content (AvgIpc) is 2.72. The van der Waals surface area contributed by atoms with Crippen LogP contribution in [0.2, 0.25) is 0 Å². The summed E-state index contributed by atoms with van der Waals surface area (Å²) in [6.07, 6.45) is 7.53. The Morgan fingerprint density at radius 3 is 2.68 bits per heavy atom. The largest absolute Gasteiger partial charge is 0.323 e. The molecule has 1 nitrogen and oxygen atoms in total. The van der Waals surface area contributed by atoms with Crippen LogP contribution in [-0.4, -0.2) is 0 Å². The van der Waals surface area contributed by atoms with Gasteiger partial charge in [-0.2, -0.15) is 0 Å². The summed E-state index contributed by atoms with van der Waals surface area (Å²) in [5, 5.41) is 0. The highest BCUT2D eigenvalue weighted by atomic mass is 32.1. The third-order valence-electron chi connectivity index (χ3n) is 3.93. The van der Waals surface area contributed by atoms with Gasteiger partial charge in [-0.3, -0.25) is 0 Å². The van der Waals surface area contributed by atoms with Crippen molar-refractivity contribution in [2.75, 3.05) is 0 Å². The zero-order chi connectivity index (χ0) is 13.1. The van der Waals surface area contributed by atoms with Crippen molar-refractivity contribution in [1.82, 2.24) is 0 Å². The molecule has 1 aliphatic rings. The summed E-state index contributed by atoms with van der Waals surface area (Å²) >= 11 is 1.95. The molecule has 19 heavy (non-hydrogen) atoms. The van der Waals surface area contributed by atoms with E-state index in [1.54, 1.807) is 10.4 Å². The van der Waals surface area contributed by atoms with Crippen molar-refractivity contribution >= 4 is 11.3 Å². The predicted octanol–water partition coefficient (Wildman–Crippen LogP) is 4.26. The van der Waals surface area contributed by atoms with Crippen molar-refractivity contribution in [3.05, 3.63) is 57.3 Å². The topological polar surface area (TPSA) is 26.0 Å². The van der Waals surface area contributed by atoms with Crippen molar-refractivity contribution in [2.45, 2.75) is 44.6 Å². The van der Waals surface area contributed by atoms with Gasteiger partial charge in [-0.15, -0.1) is 11.3 Å². The molecule has 1 aliphatic carbocycles. The molecule has 0 aliphatic heterocycles. The molecule has 1 atom stereocenters. The molecule has 0 amide bonds. The first kappa shape index (κ1) is 12.9. The Morgan fingerprint density at radius 2 is 1.84 bits per heavy atom. The van der Waals surface area contributed by atoms with Gasteiger partial charge in [0.15, 0.2) is 0 Å². The molecular weight excluding hydrogens is 250 g/mol. The van der Waals surface area contributed by atoms with E-state index in [0.29, 0.717) is 0 Å². The molecule has 2 heteroatoms. The lowest BCUT2D eigenvalue weighted by molar-refractivity contribution is 0.709. The zero-order valence-electron chi connectivity index (χ0n) is 11.3. The standard InChI is InChI=1S/C17H21NS/c18-15(11-13-7-3-1-4-8-13)17-12-14-9-5-2-6-10-16(14)19-17/h1,3-4,7-8,12,15H,2,5-6,9-11,18H2. The number of hydrogen-bond acceptors (Lipinski definition) is 2. The molecule has 0 spiro atoms. The van der Waals surface area contributed by atoms with Crippen LogP contribution in [0.3, 0.4) is 0 Å². The van der Waals surface area contributed by atoms with Gasteiger partial charge in [0.2, 0.25) is 0 Å². The summed E-state index contributed by atoms with van der Waals surface area (Å²) in [5.74, 6) is 0. The average molecular weight is 271 g/mol. The van der Waals surface area contributed by atoms with Crippen molar-refractivity contribution < 1.29 is 0 Å². The summed E-state index contributed by atoms with van der Waals surface area (Å²) < 4.78 is 0. The van der Waals surface area contributed by atoms with E-state index in [9.17, 15) is 0 Å². The quantitative estimate of drug-likeness (QED) is 0.829. The van der Waals surface area contributed by atoms with Crippen molar-refractivity contribution in [1.29, 1.82) is 0 Å². The van der Waals surface area contributed by atoms with Gasteiger partial charge in [0.05, 0.1) is 0 Å². The molecule has 1 heterocycles. The number of benzene rings is 1. The smallest absolute Gasteiger partial charge is 0.0430 e. The monoisotopic (exact) mass is 271 g/mol. The molecule has 1 aromatic carbocycles. The van der Waals surface area contributed by atoms with Crippen LogP contribution in [0.25, 0.3) is 0 Å². The van der Waals surface area contributed by atoms with Gasteiger partial charge in [-0.25, -0.2) is 0 Å². The second-order valence-electron chi connectivity index (χ2n) is 5.45. The first-order chi connectivity index (χ1) is 9.33. The molecule has 0 bridgehead atoms. The van der Waals surface area contributed by atoms with Gasteiger partial charge >= 0.3 is 0 Å². The molecule has 0 saturated heterocycles. The Hall–Kier alpha value is -1.12. The number of aryl methyl sites for hydroxylation is 2. The minimum atomic E-state index is 0.152. The minimum Gasteiger partial charge on any atom is -0.323 e. The third kappa shape index (κ3) is 3.07. The highest BCUT2D eigenvalue weighted by Crippen LogP contribution is 2.32. The second kappa shape index (κ2) is 5.89. The molecule has 100 valence electrons. The van der Waals surface area contributed by atoms with E-state index in [-0.39, 0.29) is 6.04 Å². The number of thiophene rings is 1. The first-order valence-electron chi connectivity index (χ1n) is 7.24. The number of rotatable bonds is 3. The van der Waals surface area contributed by atoms with Gasteiger partial charge in [0.1, 0.15) is 0 Å². The number of nitrogens with two attached hydrogens (primary N) is 1. The van der Waals surface area contributed by atoms with Gasteiger partial charge in [-0.1, -0.05) is 36.8 Å². The van der Waals surface area contributed by atoms with Crippen molar-refractivity contribution in [3.8, 4) is 0 Å². The van der Waals surface area contributed by atoms with Gasteiger partial charge in [0, 0.05) is 15.8 Å². The van der Waals surface area contributed by atoms with E-state index >= 15 is 0 Å². The maximum atomic E-state index is 6.39. The molecule has 0 radical (unpaired) electrons. The molecule has 3 rings (SSSR count). The van der Waals surface area contributed by atoms with Gasteiger partial charge < -0.3 is 5.73 Å². The van der Waals surface area contributed by atoms with Crippen LogP contribution in [-0.2, 0) is 19.3 Å².